The van der Waals surface area contributed by atoms with Crippen LogP contribution in [-0.2, 0) is 6.54 Å². The lowest BCUT2D eigenvalue weighted by Gasteiger charge is -2.19. The second kappa shape index (κ2) is 5.34. The minimum Gasteiger partial charge on any atom is -0.481 e. The maximum absolute atomic E-state index is 5.56. The Bertz CT molecular complexity index is 329. The number of nitrogens with zero attached hydrogens (tertiary/aromatic N) is 2. The van der Waals surface area contributed by atoms with Crippen molar-refractivity contribution < 1.29 is 4.74 Å². The Labute approximate surface area is 96.8 Å². The van der Waals surface area contributed by atoms with Crippen LogP contribution in [0, 0.1) is 0 Å². The highest BCUT2D eigenvalue weighted by Crippen LogP contribution is 2.33. The SMILES string of the molecule is COc1cc(C2CCCCC2)nn1CCN. The Balaban J connectivity index is 2.14. The van der Waals surface area contributed by atoms with Gasteiger partial charge in [-0.05, 0) is 12.8 Å². The lowest BCUT2D eigenvalue weighted by molar-refractivity contribution is 0.360. The molecule has 1 fully saturated rings. The van der Waals surface area contributed by atoms with E-state index in [2.05, 4.69) is 11.2 Å². The third-order valence-electron chi connectivity index (χ3n) is 3.34. The quantitative estimate of drug-likeness (QED) is 0.848. The number of aromatic nitrogens is 2. The van der Waals surface area contributed by atoms with E-state index in [4.69, 9.17) is 10.5 Å². The molecule has 1 heterocycles. The van der Waals surface area contributed by atoms with Gasteiger partial charge in [-0.2, -0.15) is 5.10 Å². The van der Waals surface area contributed by atoms with Gasteiger partial charge in [0.15, 0.2) is 0 Å². The minimum atomic E-state index is 0.599. The standard InChI is InChI=1S/C12H21N3O/c1-16-12-9-11(14-15(12)8-7-13)10-5-3-2-4-6-10/h9-10H,2-8,13H2,1H3. The summed E-state index contributed by atoms with van der Waals surface area (Å²) in [6, 6.07) is 2.08. The van der Waals surface area contributed by atoms with Crippen LogP contribution in [0.4, 0.5) is 0 Å². The molecule has 0 unspecified atom stereocenters. The summed E-state index contributed by atoms with van der Waals surface area (Å²) in [5, 5.41) is 4.61. The van der Waals surface area contributed by atoms with E-state index in [1.165, 1.54) is 37.8 Å². The van der Waals surface area contributed by atoms with Crippen molar-refractivity contribution in [3.05, 3.63) is 11.8 Å². The Hall–Kier alpha value is -1.03. The molecule has 2 rings (SSSR count). The Morgan fingerprint density at radius 3 is 2.81 bits per heavy atom. The first-order valence-electron chi connectivity index (χ1n) is 6.17. The Morgan fingerprint density at radius 2 is 2.19 bits per heavy atom. The maximum Gasteiger partial charge on any atom is 0.211 e. The van der Waals surface area contributed by atoms with E-state index in [0.717, 1.165) is 12.4 Å². The number of ether oxygens (including phenoxy) is 1. The summed E-state index contributed by atoms with van der Waals surface area (Å²) in [4.78, 5) is 0. The van der Waals surface area contributed by atoms with E-state index >= 15 is 0 Å². The zero-order chi connectivity index (χ0) is 11.4. The maximum atomic E-state index is 5.56. The third-order valence-corrected chi connectivity index (χ3v) is 3.34. The molecule has 0 radical (unpaired) electrons. The largest absolute Gasteiger partial charge is 0.481 e. The summed E-state index contributed by atoms with van der Waals surface area (Å²) in [7, 11) is 1.69. The van der Waals surface area contributed by atoms with Crippen LogP contribution in [0.25, 0.3) is 0 Å². The first kappa shape index (κ1) is 11.5. The van der Waals surface area contributed by atoms with Crippen molar-refractivity contribution in [3.8, 4) is 5.88 Å². The predicted octanol–water partition coefficient (Wildman–Crippen LogP) is 1.90. The molecule has 4 heteroatoms. The molecular weight excluding hydrogens is 202 g/mol. The summed E-state index contributed by atoms with van der Waals surface area (Å²) >= 11 is 0. The van der Waals surface area contributed by atoms with E-state index < -0.39 is 0 Å². The molecule has 0 amide bonds. The summed E-state index contributed by atoms with van der Waals surface area (Å²) < 4.78 is 7.19. The highest BCUT2D eigenvalue weighted by molar-refractivity contribution is 5.19. The van der Waals surface area contributed by atoms with E-state index in [-0.39, 0.29) is 0 Å². The van der Waals surface area contributed by atoms with Gasteiger partial charge >= 0.3 is 0 Å². The number of nitrogens with two attached hydrogens (primary N) is 1. The predicted molar refractivity (Wildman–Crippen MR) is 63.7 cm³/mol. The molecule has 0 aliphatic heterocycles. The Morgan fingerprint density at radius 1 is 1.44 bits per heavy atom. The van der Waals surface area contributed by atoms with Gasteiger partial charge in [0, 0.05) is 18.5 Å². The van der Waals surface area contributed by atoms with Crippen molar-refractivity contribution in [2.24, 2.45) is 5.73 Å². The van der Waals surface area contributed by atoms with Gasteiger partial charge in [0.2, 0.25) is 5.88 Å². The van der Waals surface area contributed by atoms with Crippen molar-refractivity contribution >= 4 is 0 Å². The summed E-state index contributed by atoms with van der Waals surface area (Å²) in [5.41, 5.74) is 6.74. The van der Waals surface area contributed by atoms with Gasteiger partial charge in [-0.15, -0.1) is 0 Å². The third kappa shape index (κ3) is 2.38. The number of hydrogen-bond donors (Lipinski definition) is 1. The molecule has 1 saturated carbocycles. The normalized spacial score (nSPS) is 17.6. The van der Waals surface area contributed by atoms with Crippen LogP contribution in [0.3, 0.4) is 0 Å². The highest BCUT2D eigenvalue weighted by atomic mass is 16.5. The van der Waals surface area contributed by atoms with Crippen LogP contribution in [0.2, 0.25) is 0 Å². The first-order chi connectivity index (χ1) is 7.85. The topological polar surface area (TPSA) is 53.1 Å². The van der Waals surface area contributed by atoms with E-state index in [9.17, 15) is 0 Å². The van der Waals surface area contributed by atoms with E-state index in [0.29, 0.717) is 12.5 Å². The zero-order valence-electron chi connectivity index (χ0n) is 9.98. The molecule has 1 aromatic rings. The number of rotatable bonds is 4. The molecule has 4 nitrogen and oxygen atoms in total. The fraction of sp³-hybridized carbons (Fsp3) is 0.750. The molecular formula is C12H21N3O. The van der Waals surface area contributed by atoms with Crippen molar-refractivity contribution in [1.82, 2.24) is 9.78 Å². The monoisotopic (exact) mass is 223 g/mol. The van der Waals surface area contributed by atoms with Crippen molar-refractivity contribution in [3.63, 3.8) is 0 Å². The van der Waals surface area contributed by atoms with Gasteiger partial charge < -0.3 is 10.5 Å². The molecule has 0 atom stereocenters. The number of hydrogen-bond acceptors (Lipinski definition) is 3. The van der Waals surface area contributed by atoms with Gasteiger partial charge in [0.05, 0.1) is 19.3 Å². The van der Waals surface area contributed by atoms with Crippen molar-refractivity contribution in [1.29, 1.82) is 0 Å². The average Bonchev–Trinajstić information content (AvgIpc) is 2.74. The Kier molecular flexibility index (Phi) is 3.83. The smallest absolute Gasteiger partial charge is 0.211 e. The molecule has 0 aromatic carbocycles. The van der Waals surface area contributed by atoms with Gasteiger partial charge in [-0.1, -0.05) is 19.3 Å². The second-order valence-corrected chi connectivity index (χ2v) is 4.46. The zero-order valence-corrected chi connectivity index (χ0v) is 9.98. The fourth-order valence-corrected chi connectivity index (χ4v) is 2.46. The van der Waals surface area contributed by atoms with Crippen LogP contribution in [0.1, 0.15) is 43.7 Å². The molecule has 2 N–H and O–H groups in total. The van der Waals surface area contributed by atoms with Crippen LogP contribution in [-0.4, -0.2) is 23.4 Å². The fourth-order valence-electron chi connectivity index (χ4n) is 2.46. The van der Waals surface area contributed by atoms with Crippen LogP contribution in [0.5, 0.6) is 5.88 Å². The average molecular weight is 223 g/mol. The number of methoxy groups -OCH3 is 1. The van der Waals surface area contributed by atoms with Gasteiger partial charge in [-0.25, -0.2) is 4.68 Å². The van der Waals surface area contributed by atoms with Crippen LogP contribution < -0.4 is 10.5 Å². The summed E-state index contributed by atoms with van der Waals surface area (Å²) in [6.07, 6.45) is 6.57. The van der Waals surface area contributed by atoms with E-state index in [1.807, 2.05) is 4.68 Å². The van der Waals surface area contributed by atoms with Crippen LogP contribution >= 0.6 is 0 Å². The molecule has 16 heavy (non-hydrogen) atoms. The molecule has 0 saturated heterocycles. The van der Waals surface area contributed by atoms with Gasteiger partial charge in [0.1, 0.15) is 0 Å². The first-order valence-corrected chi connectivity index (χ1v) is 6.17. The highest BCUT2D eigenvalue weighted by Gasteiger charge is 2.20. The van der Waals surface area contributed by atoms with Gasteiger partial charge in [0.25, 0.3) is 0 Å². The van der Waals surface area contributed by atoms with Crippen molar-refractivity contribution in [2.75, 3.05) is 13.7 Å². The molecule has 0 bridgehead atoms. The second-order valence-electron chi connectivity index (χ2n) is 4.46. The summed E-state index contributed by atoms with van der Waals surface area (Å²) in [6.45, 7) is 1.33. The van der Waals surface area contributed by atoms with Crippen LogP contribution in [0.15, 0.2) is 6.07 Å². The molecule has 1 aliphatic carbocycles. The minimum absolute atomic E-state index is 0.599. The summed E-state index contributed by atoms with van der Waals surface area (Å²) in [5.74, 6) is 1.47. The van der Waals surface area contributed by atoms with Crippen molar-refractivity contribution in [2.45, 2.75) is 44.6 Å². The van der Waals surface area contributed by atoms with Gasteiger partial charge in [-0.3, -0.25) is 0 Å². The molecule has 1 aliphatic rings. The lowest BCUT2D eigenvalue weighted by atomic mass is 9.87. The van der Waals surface area contributed by atoms with E-state index in [1.54, 1.807) is 7.11 Å². The molecule has 0 spiro atoms. The molecule has 90 valence electrons. The molecule has 1 aromatic heterocycles. The lowest BCUT2D eigenvalue weighted by Crippen LogP contribution is -2.13.